The minimum Gasteiger partial charge on any atom is -0.288 e. The summed E-state index contributed by atoms with van der Waals surface area (Å²) in [5, 5.41) is 10.7. The van der Waals surface area contributed by atoms with Crippen LogP contribution < -0.4 is 10.4 Å². The molecule has 1 atom stereocenters. The van der Waals surface area contributed by atoms with Crippen molar-refractivity contribution in [2.45, 2.75) is 17.4 Å². The third-order valence-corrected chi connectivity index (χ3v) is 5.62. The van der Waals surface area contributed by atoms with E-state index in [1.165, 1.54) is 29.1 Å². The Labute approximate surface area is 162 Å². The van der Waals surface area contributed by atoms with Crippen molar-refractivity contribution in [1.29, 1.82) is 0 Å². The van der Waals surface area contributed by atoms with E-state index in [2.05, 4.69) is 10.2 Å². The van der Waals surface area contributed by atoms with Gasteiger partial charge in [-0.3, -0.25) is 9.80 Å². The number of anilines is 1. The van der Waals surface area contributed by atoms with Crippen LogP contribution in [0.3, 0.4) is 0 Å². The highest BCUT2D eigenvalue weighted by atomic mass is 32.2. The second-order valence-corrected chi connectivity index (χ2v) is 8.52. The van der Waals surface area contributed by atoms with Crippen LogP contribution in [0.15, 0.2) is 81.7 Å². The van der Waals surface area contributed by atoms with Crippen molar-refractivity contribution in [1.82, 2.24) is 9.78 Å². The summed E-state index contributed by atoms with van der Waals surface area (Å²) >= 11 is 0. The first-order chi connectivity index (χ1) is 13.4. The number of aromatic nitrogens is 2. The van der Waals surface area contributed by atoms with Gasteiger partial charge in [0, 0.05) is 31.2 Å². The Kier molecular flexibility index (Phi) is 4.56. The second-order valence-electron chi connectivity index (χ2n) is 6.51. The molecule has 2 heterocycles. The van der Waals surface area contributed by atoms with E-state index < -0.39 is 9.84 Å². The van der Waals surface area contributed by atoms with E-state index in [1.54, 1.807) is 23.4 Å². The molecule has 2 aromatic carbocycles. The van der Waals surface area contributed by atoms with Crippen LogP contribution in [0, 0.1) is 0 Å². The zero-order valence-corrected chi connectivity index (χ0v) is 16.0. The van der Waals surface area contributed by atoms with Crippen LogP contribution >= 0.6 is 0 Å². The minimum atomic E-state index is -3.34. The Morgan fingerprint density at radius 1 is 1.00 bits per heavy atom. The number of hydrogen-bond donors (Lipinski definition) is 0. The molecule has 8 heteroatoms. The molecular weight excluding hydrogens is 376 g/mol. The van der Waals surface area contributed by atoms with E-state index in [-0.39, 0.29) is 16.4 Å². The molecule has 1 aliphatic heterocycles. The van der Waals surface area contributed by atoms with Crippen molar-refractivity contribution in [3.8, 4) is 5.69 Å². The molecule has 0 saturated heterocycles. The highest BCUT2D eigenvalue weighted by Gasteiger charge is 2.28. The maximum Gasteiger partial charge on any atom is 0.205 e. The summed E-state index contributed by atoms with van der Waals surface area (Å²) in [5.74, 6) is 0. The zero-order chi connectivity index (χ0) is 19.7. The van der Waals surface area contributed by atoms with Gasteiger partial charge >= 0.3 is 0 Å². The van der Waals surface area contributed by atoms with Crippen molar-refractivity contribution in [2.24, 2.45) is 5.10 Å². The van der Waals surface area contributed by atoms with E-state index in [9.17, 15) is 13.2 Å². The molecule has 0 N–H and O–H groups in total. The number of sulfone groups is 1. The number of benzene rings is 2. The van der Waals surface area contributed by atoms with Gasteiger partial charge in [-0.05, 0) is 30.3 Å². The van der Waals surface area contributed by atoms with E-state index >= 15 is 0 Å². The minimum absolute atomic E-state index is 0.188. The van der Waals surface area contributed by atoms with Gasteiger partial charge in [-0.25, -0.2) is 13.1 Å². The summed E-state index contributed by atoms with van der Waals surface area (Å²) in [6.45, 7) is 0. The number of hydrogen-bond acceptors (Lipinski definition) is 6. The Balaban J connectivity index is 1.76. The van der Waals surface area contributed by atoms with Crippen molar-refractivity contribution < 1.29 is 8.42 Å². The average molecular weight is 394 g/mol. The molecule has 0 bridgehead atoms. The number of nitrogens with zero attached hydrogens (tertiary/aromatic N) is 4. The highest BCUT2D eigenvalue weighted by Crippen LogP contribution is 2.30. The van der Waals surface area contributed by atoms with E-state index in [4.69, 9.17) is 0 Å². The maximum absolute atomic E-state index is 12.5. The summed E-state index contributed by atoms with van der Waals surface area (Å²) < 4.78 is 25.2. The first-order valence-corrected chi connectivity index (χ1v) is 10.6. The van der Waals surface area contributed by atoms with Gasteiger partial charge in [-0.2, -0.15) is 10.2 Å². The molecule has 142 valence electrons. The fraction of sp³-hybridized carbons (Fsp3) is 0.150. The summed E-state index contributed by atoms with van der Waals surface area (Å²) in [7, 11) is -3.34. The molecule has 1 aliphatic rings. The lowest BCUT2D eigenvalue weighted by molar-refractivity contribution is 0.601. The fourth-order valence-electron chi connectivity index (χ4n) is 3.12. The normalized spacial score (nSPS) is 16.5. The highest BCUT2D eigenvalue weighted by molar-refractivity contribution is 7.90. The Hall–Kier alpha value is -3.26. The maximum atomic E-state index is 12.5. The Bertz CT molecular complexity index is 1200. The first kappa shape index (κ1) is 18.1. The van der Waals surface area contributed by atoms with Gasteiger partial charge in [-0.15, -0.1) is 0 Å². The van der Waals surface area contributed by atoms with Crippen LogP contribution in [-0.4, -0.2) is 30.7 Å². The van der Waals surface area contributed by atoms with Crippen molar-refractivity contribution in [2.75, 3.05) is 11.3 Å². The van der Waals surface area contributed by atoms with Crippen LogP contribution in [0.1, 0.15) is 18.2 Å². The molecule has 0 radical (unpaired) electrons. The van der Waals surface area contributed by atoms with Gasteiger partial charge in [0.05, 0.1) is 16.3 Å². The van der Waals surface area contributed by atoms with Crippen LogP contribution in [0.2, 0.25) is 0 Å². The third kappa shape index (κ3) is 3.46. The topological polar surface area (TPSA) is 84.6 Å². The van der Waals surface area contributed by atoms with Crippen LogP contribution in [-0.2, 0) is 9.84 Å². The predicted octanol–water partition coefficient (Wildman–Crippen LogP) is 2.57. The Morgan fingerprint density at radius 2 is 1.75 bits per heavy atom. The lowest BCUT2D eigenvalue weighted by Gasteiger charge is -2.23. The molecule has 0 spiro atoms. The van der Waals surface area contributed by atoms with Crippen LogP contribution in [0.4, 0.5) is 5.69 Å². The molecule has 1 unspecified atom stereocenters. The lowest BCUT2D eigenvalue weighted by Crippen LogP contribution is -2.27. The summed E-state index contributed by atoms with van der Waals surface area (Å²) in [5.41, 5.74) is 1.60. The van der Waals surface area contributed by atoms with Crippen molar-refractivity contribution in [3.63, 3.8) is 0 Å². The van der Waals surface area contributed by atoms with Gasteiger partial charge < -0.3 is 0 Å². The predicted molar refractivity (Wildman–Crippen MR) is 108 cm³/mol. The lowest BCUT2D eigenvalue weighted by atomic mass is 10.1. The van der Waals surface area contributed by atoms with Crippen LogP contribution in [0.5, 0.6) is 0 Å². The fourth-order valence-corrected chi connectivity index (χ4v) is 3.78. The third-order valence-electron chi connectivity index (χ3n) is 4.51. The monoisotopic (exact) mass is 394 g/mol. The van der Waals surface area contributed by atoms with E-state index in [0.29, 0.717) is 17.8 Å². The molecule has 3 aromatic rings. The van der Waals surface area contributed by atoms with Gasteiger partial charge in [0.25, 0.3) is 0 Å². The second kappa shape index (κ2) is 7.05. The van der Waals surface area contributed by atoms with E-state index in [0.717, 1.165) is 11.9 Å². The van der Waals surface area contributed by atoms with Gasteiger partial charge in [0.1, 0.15) is 11.7 Å². The molecule has 0 fully saturated rings. The van der Waals surface area contributed by atoms with Crippen LogP contribution in [0.25, 0.3) is 5.69 Å². The SMILES string of the molecule is CS(=O)(=O)c1cccc(-n2ccc(=O)c(C3CC=NN3c3ccccc3)n2)c1. The van der Waals surface area contributed by atoms with Gasteiger partial charge in [-0.1, -0.05) is 24.3 Å². The number of para-hydroxylation sites is 1. The molecule has 28 heavy (non-hydrogen) atoms. The quantitative estimate of drug-likeness (QED) is 0.679. The summed E-state index contributed by atoms with van der Waals surface area (Å²) in [6.07, 6.45) is 5.02. The molecule has 0 amide bonds. The standard InChI is InChI=1S/C20H18N4O3S/c1-28(26,27)17-9-5-8-16(14-17)23-13-11-19(25)20(22-23)18-10-12-21-24(18)15-6-3-2-4-7-15/h2-9,11-14,18H,10H2,1H3. The zero-order valence-electron chi connectivity index (χ0n) is 15.1. The summed E-state index contributed by atoms with van der Waals surface area (Å²) in [6, 6.07) is 17.2. The molecule has 4 rings (SSSR count). The first-order valence-electron chi connectivity index (χ1n) is 8.70. The Morgan fingerprint density at radius 3 is 2.50 bits per heavy atom. The number of hydrazone groups is 1. The molecule has 1 aromatic heterocycles. The van der Waals surface area contributed by atoms with Gasteiger partial charge in [0.2, 0.25) is 5.43 Å². The van der Waals surface area contributed by atoms with Crippen molar-refractivity contribution >= 4 is 21.7 Å². The molecule has 0 saturated carbocycles. The molecule has 7 nitrogen and oxygen atoms in total. The largest absolute Gasteiger partial charge is 0.288 e. The van der Waals surface area contributed by atoms with E-state index in [1.807, 2.05) is 30.3 Å². The average Bonchev–Trinajstić information content (AvgIpc) is 3.18. The molecule has 0 aliphatic carbocycles. The number of rotatable bonds is 4. The summed E-state index contributed by atoms with van der Waals surface area (Å²) in [4.78, 5) is 12.7. The van der Waals surface area contributed by atoms with Crippen molar-refractivity contribution in [3.05, 3.63) is 82.8 Å². The molecular formula is C20H18N4O3S. The smallest absolute Gasteiger partial charge is 0.205 e. The van der Waals surface area contributed by atoms with Gasteiger partial charge in [0.15, 0.2) is 9.84 Å².